The molecule has 1 aromatic carbocycles. The summed E-state index contributed by atoms with van der Waals surface area (Å²) >= 11 is 3.47. The molecule has 130 valence electrons. The molecule has 0 fully saturated rings. The van der Waals surface area contributed by atoms with Crippen LogP contribution in [-0.2, 0) is 6.42 Å². The standard InChI is InChI=1S/C20H22BrN3O/c1-4-13(3)15-8-6-7-9-17(15)23-20(25)19-16(5-2)22-18-11-10-14(21)12-24(18)19/h6-13H,4-5H2,1-3H3,(H,23,25). The van der Waals surface area contributed by atoms with Crippen LogP contribution in [0.3, 0.4) is 0 Å². The first kappa shape index (κ1) is 17.7. The van der Waals surface area contributed by atoms with E-state index in [4.69, 9.17) is 0 Å². The van der Waals surface area contributed by atoms with Crippen LogP contribution in [0.1, 0.15) is 54.9 Å². The van der Waals surface area contributed by atoms with Gasteiger partial charge in [-0.2, -0.15) is 0 Å². The highest BCUT2D eigenvalue weighted by Gasteiger charge is 2.20. The van der Waals surface area contributed by atoms with Crippen molar-refractivity contribution in [3.05, 3.63) is 64.0 Å². The Balaban J connectivity index is 2.03. The molecule has 1 N–H and O–H groups in total. The molecule has 0 aliphatic rings. The van der Waals surface area contributed by atoms with Crippen LogP contribution in [0.4, 0.5) is 5.69 Å². The summed E-state index contributed by atoms with van der Waals surface area (Å²) in [4.78, 5) is 17.6. The third-order valence-corrected chi connectivity index (χ3v) is 5.03. The number of anilines is 1. The molecule has 25 heavy (non-hydrogen) atoms. The molecule has 3 rings (SSSR count). The van der Waals surface area contributed by atoms with Crippen molar-refractivity contribution in [2.24, 2.45) is 0 Å². The van der Waals surface area contributed by atoms with Crippen LogP contribution in [0.5, 0.6) is 0 Å². The molecular weight excluding hydrogens is 378 g/mol. The Morgan fingerprint density at radius 3 is 2.72 bits per heavy atom. The van der Waals surface area contributed by atoms with Gasteiger partial charge in [0.1, 0.15) is 11.3 Å². The molecule has 0 saturated heterocycles. The summed E-state index contributed by atoms with van der Waals surface area (Å²) in [7, 11) is 0. The summed E-state index contributed by atoms with van der Waals surface area (Å²) in [5.74, 6) is 0.261. The van der Waals surface area contributed by atoms with E-state index in [0.29, 0.717) is 18.0 Å². The van der Waals surface area contributed by atoms with Crippen molar-refractivity contribution in [1.29, 1.82) is 0 Å². The number of carbonyl (C=O) groups excluding carboxylic acids is 1. The number of hydrogen-bond acceptors (Lipinski definition) is 2. The third kappa shape index (κ3) is 3.47. The molecule has 1 amide bonds. The molecule has 5 heteroatoms. The monoisotopic (exact) mass is 399 g/mol. The highest BCUT2D eigenvalue weighted by atomic mass is 79.9. The van der Waals surface area contributed by atoms with E-state index < -0.39 is 0 Å². The number of imidazole rings is 1. The van der Waals surface area contributed by atoms with Crippen LogP contribution < -0.4 is 5.32 Å². The maximum absolute atomic E-state index is 13.1. The zero-order chi connectivity index (χ0) is 18.0. The van der Waals surface area contributed by atoms with Gasteiger partial charge in [0, 0.05) is 16.4 Å². The number of benzene rings is 1. The average molecular weight is 400 g/mol. The zero-order valence-corrected chi connectivity index (χ0v) is 16.3. The van der Waals surface area contributed by atoms with Gasteiger partial charge in [-0.25, -0.2) is 4.98 Å². The normalized spacial score (nSPS) is 12.3. The first-order chi connectivity index (χ1) is 12.0. The Bertz CT molecular complexity index is 916. The van der Waals surface area contributed by atoms with E-state index in [-0.39, 0.29) is 5.91 Å². The van der Waals surface area contributed by atoms with E-state index in [0.717, 1.165) is 33.5 Å². The molecule has 1 unspecified atom stereocenters. The quantitative estimate of drug-likeness (QED) is 0.621. The Kier molecular flexibility index (Phi) is 5.23. The van der Waals surface area contributed by atoms with E-state index in [2.05, 4.69) is 46.1 Å². The lowest BCUT2D eigenvalue weighted by Crippen LogP contribution is -2.17. The molecule has 1 atom stereocenters. The van der Waals surface area contributed by atoms with Crippen LogP contribution in [0, 0.1) is 0 Å². The number of nitrogens with zero attached hydrogens (tertiary/aromatic N) is 2. The van der Waals surface area contributed by atoms with Gasteiger partial charge in [-0.05, 0) is 58.5 Å². The van der Waals surface area contributed by atoms with E-state index >= 15 is 0 Å². The van der Waals surface area contributed by atoms with Crippen LogP contribution in [0.25, 0.3) is 5.65 Å². The number of hydrogen-bond donors (Lipinski definition) is 1. The number of rotatable bonds is 5. The first-order valence-corrected chi connectivity index (χ1v) is 9.41. The number of halogens is 1. The second-order valence-corrected chi connectivity index (χ2v) is 7.10. The summed E-state index contributed by atoms with van der Waals surface area (Å²) < 4.78 is 2.76. The second kappa shape index (κ2) is 7.40. The Labute approximate surface area is 156 Å². The molecule has 0 radical (unpaired) electrons. The van der Waals surface area contributed by atoms with Gasteiger partial charge in [-0.15, -0.1) is 0 Å². The van der Waals surface area contributed by atoms with Gasteiger partial charge in [0.2, 0.25) is 0 Å². The van der Waals surface area contributed by atoms with Gasteiger partial charge in [0.15, 0.2) is 0 Å². The molecule has 4 nitrogen and oxygen atoms in total. The fourth-order valence-electron chi connectivity index (χ4n) is 3.00. The van der Waals surface area contributed by atoms with Gasteiger partial charge in [-0.1, -0.05) is 39.0 Å². The number of carbonyl (C=O) groups is 1. The zero-order valence-electron chi connectivity index (χ0n) is 14.7. The van der Waals surface area contributed by atoms with E-state index in [1.54, 1.807) is 0 Å². The minimum absolute atomic E-state index is 0.127. The molecule has 0 spiro atoms. The Hall–Kier alpha value is -2.14. The lowest BCUT2D eigenvalue weighted by molar-refractivity contribution is 0.102. The van der Waals surface area contributed by atoms with Crippen molar-refractivity contribution >= 4 is 33.2 Å². The van der Waals surface area contributed by atoms with Gasteiger partial charge in [0.25, 0.3) is 5.91 Å². The molecule has 2 aromatic heterocycles. The summed E-state index contributed by atoms with van der Waals surface area (Å²) in [6, 6.07) is 11.8. The Morgan fingerprint density at radius 2 is 2.00 bits per heavy atom. The van der Waals surface area contributed by atoms with Crippen molar-refractivity contribution in [2.75, 3.05) is 5.32 Å². The largest absolute Gasteiger partial charge is 0.320 e. The van der Waals surface area contributed by atoms with Crippen molar-refractivity contribution in [2.45, 2.75) is 39.5 Å². The predicted molar refractivity (Wildman–Crippen MR) is 105 cm³/mol. The number of nitrogens with one attached hydrogen (secondary N) is 1. The number of aryl methyl sites for hydroxylation is 1. The summed E-state index contributed by atoms with van der Waals surface area (Å²) in [6.07, 6.45) is 3.61. The van der Waals surface area contributed by atoms with Gasteiger partial charge in [-0.3, -0.25) is 9.20 Å². The molecule has 0 bridgehead atoms. The summed E-state index contributed by atoms with van der Waals surface area (Å²) in [5, 5.41) is 3.10. The number of para-hydroxylation sites is 1. The predicted octanol–water partition coefficient (Wildman–Crippen LogP) is 5.43. The lowest BCUT2D eigenvalue weighted by atomic mass is 9.97. The number of fused-ring (bicyclic) bond motifs is 1. The summed E-state index contributed by atoms with van der Waals surface area (Å²) in [6.45, 7) is 6.34. The second-order valence-electron chi connectivity index (χ2n) is 6.19. The fraction of sp³-hybridized carbons (Fsp3) is 0.300. The maximum Gasteiger partial charge on any atom is 0.274 e. The Morgan fingerprint density at radius 1 is 1.24 bits per heavy atom. The van der Waals surface area contributed by atoms with Gasteiger partial charge < -0.3 is 5.32 Å². The lowest BCUT2D eigenvalue weighted by Gasteiger charge is -2.16. The molecule has 0 aliphatic heterocycles. The van der Waals surface area contributed by atoms with Crippen LogP contribution >= 0.6 is 15.9 Å². The van der Waals surface area contributed by atoms with Crippen LogP contribution in [0.2, 0.25) is 0 Å². The number of pyridine rings is 1. The SMILES string of the molecule is CCc1nc2ccc(Br)cn2c1C(=O)Nc1ccccc1C(C)CC. The highest BCUT2D eigenvalue weighted by molar-refractivity contribution is 9.10. The molecule has 3 aromatic rings. The number of amides is 1. The maximum atomic E-state index is 13.1. The third-order valence-electron chi connectivity index (χ3n) is 4.56. The van der Waals surface area contributed by atoms with E-state index in [1.165, 1.54) is 0 Å². The molecule has 2 heterocycles. The minimum atomic E-state index is -0.127. The van der Waals surface area contributed by atoms with Crippen molar-refractivity contribution in [3.63, 3.8) is 0 Å². The summed E-state index contributed by atoms with van der Waals surface area (Å²) in [5.41, 5.74) is 4.20. The van der Waals surface area contributed by atoms with Crippen molar-refractivity contribution in [1.82, 2.24) is 9.38 Å². The number of aromatic nitrogens is 2. The van der Waals surface area contributed by atoms with Crippen LogP contribution in [-0.4, -0.2) is 15.3 Å². The van der Waals surface area contributed by atoms with Crippen molar-refractivity contribution in [3.8, 4) is 0 Å². The van der Waals surface area contributed by atoms with Crippen molar-refractivity contribution < 1.29 is 4.79 Å². The minimum Gasteiger partial charge on any atom is -0.320 e. The van der Waals surface area contributed by atoms with Gasteiger partial charge >= 0.3 is 0 Å². The van der Waals surface area contributed by atoms with E-state index in [9.17, 15) is 4.79 Å². The smallest absolute Gasteiger partial charge is 0.274 e. The van der Waals surface area contributed by atoms with E-state index in [1.807, 2.05) is 47.9 Å². The van der Waals surface area contributed by atoms with Crippen LogP contribution in [0.15, 0.2) is 47.1 Å². The molecule has 0 saturated carbocycles. The first-order valence-electron chi connectivity index (χ1n) is 8.61. The van der Waals surface area contributed by atoms with Gasteiger partial charge in [0.05, 0.1) is 5.69 Å². The molecule has 0 aliphatic carbocycles. The average Bonchev–Trinajstić information content (AvgIpc) is 2.99. The molecular formula is C20H22BrN3O. The topological polar surface area (TPSA) is 46.4 Å². The fourth-order valence-corrected chi connectivity index (χ4v) is 3.33. The highest BCUT2D eigenvalue weighted by Crippen LogP contribution is 2.27.